The summed E-state index contributed by atoms with van der Waals surface area (Å²) in [5, 5.41) is 0.972. The summed E-state index contributed by atoms with van der Waals surface area (Å²) in [5.74, 6) is -1.13. The number of hydrazine groups is 1. The monoisotopic (exact) mass is 322 g/mol. The molecule has 1 aromatic rings. The zero-order chi connectivity index (χ0) is 16.6. The SMILES string of the molecule is Cc1ccc(C(=O)NN2C(=O)[C@@H]3[C@H](C2=O)[C@@H]2C=C[C@@H]3C23CC3)cc1. The molecule has 122 valence electrons. The third-order valence-electron chi connectivity index (χ3n) is 6.38. The molecule has 4 aliphatic rings. The second kappa shape index (κ2) is 4.35. The molecular weight excluding hydrogens is 304 g/mol. The van der Waals surface area contributed by atoms with Crippen LogP contribution in [0.5, 0.6) is 0 Å². The van der Waals surface area contributed by atoms with E-state index in [9.17, 15) is 14.4 Å². The van der Waals surface area contributed by atoms with E-state index in [0.29, 0.717) is 5.56 Å². The normalized spacial score (nSPS) is 34.1. The summed E-state index contributed by atoms with van der Waals surface area (Å²) in [6, 6.07) is 7.05. The van der Waals surface area contributed by atoms with Gasteiger partial charge in [-0.15, -0.1) is 0 Å². The Labute approximate surface area is 139 Å². The highest BCUT2D eigenvalue weighted by Crippen LogP contribution is 2.73. The molecule has 5 nitrogen and oxygen atoms in total. The Hall–Kier alpha value is -2.43. The van der Waals surface area contributed by atoms with E-state index < -0.39 is 5.91 Å². The van der Waals surface area contributed by atoms with Crippen LogP contribution in [-0.4, -0.2) is 22.7 Å². The van der Waals surface area contributed by atoms with Crippen LogP contribution in [0.3, 0.4) is 0 Å². The van der Waals surface area contributed by atoms with Crippen LogP contribution in [0.2, 0.25) is 0 Å². The van der Waals surface area contributed by atoms with Gasteiger partial charge >= 0.3 is 0 Å². The number of benzene rings is 1. The molecule has 1 heterocycles. The van der Waals surface area contributed by atoms with Crippen molar-refractivity contribution in [2.24, 2.45) is 29.1 Å². The van der Waals surface area contributed by atoms with E-state index in [4.69, 9.17) is 0 Å². The van der Waals surface area contributed by atoms with E-state index in [-0.39, 0.29) is 40.9 Å². The Bertz CT molecular complexity index is 772. The van der Waals surface area contributed by atoms with Crippen molar-refractivity contribution in [2.75, 3.05) is 0 Å². The standard InChI is InChI=1S/C19H18N2O3/c1-10-2-4-11(5-3-10)16(22)20-21-17(23)14-12-6-7-13(15(14)18(21)24)19(12)8-9-19/h2-7,12-15H,8-9H2,1H3,(H,20,22)/t12-,13-,14-,15+/m0/s1. The van der Waals surface area contributed by atoms with E-state index in [1.54, 1.807) is 12.1 Å². The number of nitrogens with one attached hydrogen (secondary N) is 1. The predicted octanol–water partition coefficient (Wildman–Crippen LogP) is 1.84. The van der Waals surface area contributed by atoms with Crippen LogP contribution in [0.4, 0.5) is 0 Å². The van der Waals surface area contributed by atoms with Crippen molar-refractivity contribution in [2.45, 2.75) is 19.8 Å². The molecule has 24 heavy (non-hydrogen) atoms. The molecule has 3 amide bonds. The first kappa shape index (κ1) is 14.0. The largest absolute Gasteiger partial charge is 0.272 e. The summed E-state index contributed by atoms with van der Waals surface area (Å²) in [6.45, 7) is 1.94. The van der Waals surface area contributed by atoms with E-state index in [2.05, 4.69) is 17.6 Å². The number of carbonyl (C=O) groups excluding carboxylic acids is 3. The molecule has 4 atom stereocenters. The first-order valence-electron chi connectivity index (χ1n) is 8.47. The summed E-state index contributed by atoms with van der Waals surface area (Å²) in [7, 11) is 0. The van der Waals surface area contributed by atoms with Gasteiger partial charge in [-0.25, -0.2) is 0 Å². The number of amides is 3. The molecule has 3 fully saturated rings. The molecule has 2 bridgehead atoms. The number of rotatable bonds is 2. The molecular formula is C19H18N2O3. The fraction of sp³-hybridized carbons (Fsp3) is 0.421. The van der Waals surface area contributed by atoms with Gasteiger partial charge in [-0.2, -0.15) is 5.01 Å². The van der Waals surface area contributed by atoms with Crippen LogP contribution >= 0.6 is 0 Å². The number of nitrogens with zero attached hydrogens (tertiary/aromatic N) is 1. The molecule has 1 aliphatic heterocycles. The summed E-state index contributed by atoms with van der Waals surface area (Å²) >= 11 is 0. The molecule has 1 saturated heterocycles. The lowest BCUT2D eigenvalue weighted by atomic mass is 9.85. The van der Waals surface area contributed by atoms with Crippen LogP contribution < -0.4 is 5.43 Å². The number of fused-ring (bicyclic) bond motifs is 3. The summed E-state index contributed by atoms with van der Waals surface area (Å²) < 4.78 is 0. The number of imide groups is 1. The smallest absolute Gasteiger partial charge is 0.270 e. The van der Waals surface area contributed by atoms with E-state index in [0.717, 1.165) is 23.4 Å². The van der Waals surface area contributed by atoms with Crippen LogP contribution in [0.25, 0.3) is 0 Å². The van der Waals surface area contributed by atoms with Gasteiger partial charge in [-0.1, -0.05) is 29.8 Å². The van der Waals surface area contributed by atoms with Crippen LogP contribution in [0.15, 0.2) is 36.4 Å². The molecule has 2 saturated carbocycles. The molecule has 0 unspecified atom stereocenters. The highest BCUT2D eigenvalue weighted by atomic mass is 16.2. The van der Waals surface area contributed by atoms with Crippen molar-refractivity contribution in [1.29, 1.82) is 0 Å². The Kier molecular flexibility index (Phi) is 2.53. The highest BCUT2D eigenvalue weighted by molar-refractivity contribution is 6.09. The van der Waals surface area contributed by atoms with Crippen molar-refractivity contribution < 1.29 is 14.4 Å². The average molecular weight is 322 g/mol. The lowest BCUT2D eigenvalue weighted by molar-refractivity contribution is -0.144. The number of hydrogen-bond acceptors (Lipinski definition) is 3. The zero-order valence-corrected chi connectivity index (χ0v) is 13.4. The van der Waals surface area contributed by atoms with E-state index in [1.165, 1.54) is 0 Å². The molecule has 3 aliphatic carbocycles. The second-order valence-corrected chi connectivity index (χ2v) is 7.54. The fourth-order valence-electron chi connectivity index (χ4n) is 5.06. The Morgan fingerprint density at radius 3 is 2.08 bits per heavy atom. The van der Waals surface area contributed by atoms with Gasteiger partial charge < -0.3 is 0 Å². The quantitative estimate of drug-likeness (QED) is 0.667. The fourth-order valence-corrected chi connectivity index (χ4v) is 5.06. The number of hydrogen-bond donors (Lipinski definition) is 1. The highest BCUT2D eigenvalue weighted by Gasteiger charge is 2.73. The van der Waals surface area contributed by atoms with E-state index in [1.807, 2.05) is 19.1 Å². The molecule has 5 rings (SSSR count). The second-order valence-electron chi connectivity index (χ2n) is 7.54. The van der Waals surface area contributed by atoms with Crippen molar-refractivity contribution in [1.82, 2.24) is 10.4 Å². The number of carbonyl (C=O) groups is 3. The van der Waals surface area contributed by atoms with Gasteiger partial charge in [0.15, 0.2) is 0 Å². The summed E-state index contributed by atoms with van der Waals surface area (Å²) in [5.41, 5.74) is 4.19. The lowest BCUT2D eigenvalue weighted by Crippen LogP contribution is -2.47. The minimum absolute atomic E-state index is 0.172. The average Bonchev–Trinajstić information content (AvgIpc) is 3.18. The van der Waals surface area contributed by atoms with Crippen molar-refractivity contribution in [3.8, 4) is 0 Å². The molecule has 0 radical (unpaired) electrons. The molecule has 0 aromatic heterocycles. The molecule has 1 aromatic carbocycles. The number of aryl methyl sites for hydroxylation is 1. The van der Waals surface area contributed by atoms with Gasteiger partial charge in [0.05, 0.1) is 11.8 Å². The molecule has 1 N–H and O–H groups in total. The maximum atomic E-state index is 12.8. The number of allylic oxidation sites excluding steroid dienone is 2. The van der Waals surface area contributed by atoms with Crippen molar-refractivity contribution in [3.05, 3.63) is 47.5 Å². The van der Waals surface area contributed by atoms with Crippen molar-refractivity contribution >= 4 is 17.7 Å². The minimum atomic E-state index is -0.418. The molecule has 1 spiro atoms. The van der Waals surface area contributed by atoms with Crippen LogP contribution in [0.1, 0.15) is 28.8 Å². The third kappa shape index (κ3) is 1.57. The Balaban J connectivity index is 1.39. The molecule has 5 heteroatoms. The maximum Gasteiger partial charge on any atom is 0.270 e. The van der Waals surface area contributed by atoms with Gasteiger partial charge in [0.1, 0.15) is 0 Å². The van der Waals surface area contributed by atoms with Crippen LogP contribution in [0, 0.1) is 36.0 Å². The first-order valence-corrected chi connectivity index (χ1v) is 8.47. The summed E-state index contributed by atoms with van der Waals surface area (Å²) in [4.78, 5) is 37.9. The Morgan fingerprint density at radius 1 is 1.04 bits per heavy atom. The maximum absolute atomic E-state index is 12.8. The zero-order valence-electron chi connectivity index (χ0n) is 13.4. The predicted molar refractivity (Wildman–Crippen MR) is 85.3 cm³/mol. The topological polar surface area (TPSA) is 66.5 Å². The van der Waals surface area contributed by atoms with Gasteiger partial charge in [-0.3, -0.25) is 19.8 Å². The van der Waals surface area contributed by atoms with Crippen molar-refractivity contribution in [3.63, 3.8) is 0 Å². The summed E-state index contributed by atoms with van der Waals surface area (Å²) in [6.07, 6.45) is 6.46. The van der Waals surface area contributed by atoms with Gasteiger partial charge in [0.2, 0.25) is 0 Å². The third-order valence-corrected chi connectivity index (χ3v) is 6.38. The van der Waals surface area contributed by atoms with E-state index >= 15 is 0 Å². The Morgan fingerprint density at radius 2 is 1.58 bits per heavy atom. The lowest BCUT2D eigenvalue weighted by Gasteiger charge is -2.22. The van der Waals surface area contributed by atoms with Gasteiger partial charge in [0, 0.05) is 5.56 Å². The first-order chi connectivity index (χ1) is 11.5. The van der Waals surface area contributed by atoms with Gasteiger partial charge in [0.25, 0.3) is 17.7 Å². The van der Waals surface area contributed by atoms with Crippen LogP contribution in [-0.2, 0) is 9.59 Å². The minimum Gasteiger partial charge on any atom is -0.272 e. The van der Waals surface area contributed by atoms with Gasteiger partial charge in [-0.05, 0) is 49.1 Å².